The van der Waals surface area contributed by atoms with E-state index in [2.05, 4.69) is 126 Å². The van der Waals surface area contributed by atoms with E-state index in [0.29, 0.717) is 0 Å². The van der Waals surface area contributed by atoms with E-state index >= 15 is 0 Å². The zero-order chi connectivity index (χ0) is 29.0. The second-order valence-electron chi connectivity index (χ2n) is 11.2. The fourth-order valence-corrected chi connectivity index (χ4v) is 6.70. The molecule has 3 nitrogen and oxygen atoms in total. The van der Waals surface area contributed by atoms with Crippen LogP contribution in [0.25, 0.3) is 65.4 Å². The summed E-state index contributed by atoms with van der Waals surface area (Å²) < 4.78 is 6.23. The Labute approximate surface area is 254 Å². The fourth-order valence-electron chi connectivity index (χ4n) is 6.70. The molecule has 0 atom stereocenters. The van der Waals surface area contributed by atoms with E-state index in [1.165, 1.54) is 43.4 Å². The molecule has 9 rings (SSSR count). The molecule has 2 aromatic heterocycles. The number of furan rings is 1. The number of hydrogen-bond acceptors (Lipinski definition) is 3. The molecule has 44 heavy (non-hydrogen) atoms. The molecule has 0 saturated heterocycles. The van der Waals surface area contributed by atoms with E-state index in [0.717, 1.165) is 39.1 Å². The first kappa shape index (κ1) is 24.6. The van der Waals surface area contributed by atoms with Crippen molar-refractivity contribution >= 4 is 71.4 Å². The van der Waals surface area contributed by atoms with Crippen molar-refractivity contribution in [3.8, 4) is 11.1 Å². The molecule has 0 amide bonds. The third-order valence-corrected chi connectivity index (χ3v) is 8.68. The molecule has 0 N–H and O–H groups in total. The molecule has 0 bridgehead atoms. The Morgan fingerprint density at radius 2 is 1.11 bits per heavy atom. The summed E-state index contributed by atoms with van der Waals surface area (Å²) in [4.78, 5) is 7.15. The highest BCUT2D eigenvalue weighted by molar-refractivity contribution is 6.23. The Bertz CT molecular complexity index is 2490. The first-order chi connectivity index (χ1) is 21.8. The number of aromatic nitrogens is 1. The van der Waals surface area contributed by atoms with Gasteiger partial charge in [-0.15, -0.1) is 0 Å². The lowest BCUT2D eigenvalue weighted by Gasteiger charge is -2.25. The summed E-state index contributed by atoms with van der Waals surface area (Å²) in [6.45, 7) is 0. The maximum atomic E-state index is 6.23. The molecule has 206 valence electrons. The van der Waals surface area contributed by atoms with Gasteiger partial charge in [-0.2, -0.15) is 0 Å². The average molecular weight is 563 g/mol. The molecule has 3 heteroatoms. The summed E-state index contributed by atoms with van der Waals surface area (Å²) in [6.07, 6.45) is 1.83. The Morgan fingerprint density at radius 1 is 0.455 bits per heavy atom. The van der Waals surface area contributed by atoms with Crippen LogP contribution in [0.1, 0.15) is 0 Å². The van der Waals surface area contributed by atoms with Crippen molar-refractivity contribution in [2.45, 2.75) is 0 Å². The third kappa shape index (κ3) is 3.80. The summed E-state index contributed by atoms with van der Waals surface area (Å²) in [5, 5.41) is 9.68. The van der Waals surface area contributed by atoms with E-state index in [4.69, 9.17) is 9.40 Å². The van der Waals surface area contributed by atoms with Gasteiger partial charge < -0.3 is 4.42 Å². The van der Waals surface area contributed by atoms with Gasteiger partial charge in [-0.25, -0.2) is 4.98 Å². The monoisotopic (exact) mass is 562 g/mol. The molecular formula is C41H26N2O. The molecule has 0 saturated carbocycles. The lowest BCUT2D eigenvalue weighted by Crippen LogP contribution is -2.11. The molecular weight excluding hydrogens is 536 g/mol. The Morgan fingerprint density at radius 3 is 1.95 bits per heavy atom. The number of para-hydroxylation sites is 2. The summed E-state index contributed by atoms with van der Waals surface area (Å²) >= 11 is 0. The summed E-state index contributed by atoms with van der Waals surface area (Å²) in [5.74, 6) is 0.842. The molecule has 0 fully saturated rings. The molecule has 0 unspecified atom stereocenters. The predicted molar refractivity (Wildman–Crippen MR) is 184 cm³/mol. The van der Waals surface area contributed by atoms with Crippen LogP contribution < -0.4 is 4.90 Å². The molecule has 0 spiro atoms. The van der Waals surface area contributed by atoms with Gasteiger partial charge in [-0.05, 0) is 85.9 Å². The standard InChI is InChI=1S/C41H26N2O/c1-2-11-30(12-3-1)43(41-40-35-16-8-9-17-37(35)44-38(40)24-25-42-41)31-22-20-28(21-23-31)36-26-29-19-18-27-10-4-5-13-32(27)39(29)34-15-7-6-14-33(34)36/h1-26H. The van der Waals surface area contributed by atoms with Crippen LogP contribution in [0.4, 0.5) is 17.2 Å². The minimum absolute atomic E-state index is 0.823. The number of rotatable bonds is 4. The molecule has 9 aromatic rings. The van der Waals surface area contributed by atoms with E-state index in [9.17, 15) is 0 Å². The van der Waals surface area contributed by atoms with Gasteiger partial charge in [0.1, 0.15) is 17.0 Å². The van der Waals surface area contributed by atoms with Crippen molar-refractivity contribution < 1.29 is 4.42 Å². The number of anilines is 3. The van der Waals surface area contributed by atoms with Gasteiger partial charge in [0, 0.05) is 23.0 Å². The van der Waals surface area contributed by atoms with Crippen molar-refractivity contribution in [1.82, 2.24) is 4.98 Å². The van der Waals surface area contributed by atoms with Crippen molar-refractivity contribution in [1.29, 1.82) is 0 Å². The predicted octanol–water partition coefficient (Wildman–Crippen LogP) is 11.6. The van der Waals surface area contributed by atoms with E-state index < -0.39 is 0 Å². The van der Waals surface area contributed by atoms with E-state index in [-0.39, 0.29) is 0 Å². The number of hydrogen-bond donors (Lipinski definition) is 0. The molecule has 2 heterocycles. The van der Waals surface area contributed by atoms with Gasteiger partial charge in [-0.1, -0.05) is 109 Å². The molecule has 0 radical (unpaired) electrons. The summed E-state index contributed by atoms with van der Waals surface area (Å²) in [7, 11) is 0. The van der Waals surface area contributed by atoms with Crippen LogP contribution in [0.5, 0.6) is 0 Å². The SMILES string of the molecule is c1ccc(N(c2ccc(-c3cc4ccc5ccccc5c4c4ccccc34)cc2)c2nccc3oc4ccccc4c23)cc1. The minimum atomic E-state index is 0.823. The number of benzene rings is 7. The third-order valence-electron chi connectivity index (χ3n) is 8.68. The van der Waals surface area contributed by atoms with Crippen molar-refractivity contribution in [2.24, 2.45) is 0 Å². The Kier molecular flexibility index (Phi) is 5.50. The van der Waals surface area contributed by atoms with E-state index in [1.807, 2.05) is 36.5 Å². The quantitative estimate of drug-likeness (QED) is 0.200. The Hall–Kier alpha value is -5.93. The van der Waals surface area contributed by atoms with Gasteiger partial charge in [0.2, 0.25) is 0 Å². The summed E-state index contributed by atoms with van der Waals surface area (Å²) in [5.41, 5.74) is 6.14. The highest BCUT2D eigenvalue weighted by Crippen LogP contribution is 2.43. The second-order valence-corrected chi connectivity index (χ2v) is 11.2. The van der Waals surface area contributed by atoms with Gasteiger partial charge in [0.15, 0.2) is 0 Å². The normalized spacial score (nSPS) is 11.6. The van der Waals surface area contributed by atoms with Crippen molar-refractivity contribution in [2.75, 3.05) is 4.90 Å². The Balaban J connectivity index is 1.23. The lowest BCUT2D eigenvalue weighted by molar-refractivity contribution is 0.668. The van der Waals surface area contributed by atoms with Gasteiger partial charge in [0.25, 0.3) is 0 Å². The van der Waals surface area contributed by atoms with Gasteiger partial charge >= 0.3 is 0 Å². The van der Waals surface area contributed by atoms with Crippen LogP contribution in [0.2, 0.25) is 0 Å². The van der Waals surface area contributed by atoms with Gasteiger partial charge in [-0.3, -0.25) is 4.90 Å². The summed E-state index contributed by atoms with van der Waals surface area (Å²) in [6, 6.07) is 53.6. The number of fused-ring (bicyclic) bond motifs is 8. The highest BCUT2D eigenvalue weighted by atomic mass is 16.3. The zero-order valence-electron chi connectivity index (χ0n) is 23.8. The van der Waals surface area contributed by atoms with Crippen LogP contribution in [0.3, 0.4) is 0 Å². The lowest BCUT2D eigenvalue weighted by atomic mass is 9.91. The van der Waals surface area contributed by atoms with Crippen LogP contribution >= 0.6 is 0 Å². The smallest absolute Gasteiger partial charge is 0.149 e. The van der Waals surface area contributed by atoms with Crippen molar-refractivity contribution in [3.63, 3.8) is 0 Å². The largest absolute Gasteiger partial charge is 0.456 e. The zero-order valence-corrected chi connectivity index (χ0v) is 23.8. The molecule has 0 aliphatic carbocycles. The van der Waals surface area contributed by atoms with Crippen LogP contribution in [0, 0.1) is 0 Å². The molecule has 7 aromatic carbocycles. The molecule has 0 aliphatic rings. The van der Waals surface area contributed by atoms with Crippen LogP contribution in [0.15, 0.2) is 162 Å². The van der Waals surface area contributed by atoms with Crippen LogP contribution in [-0.2, 0) is 0 Å². The number of pyridine rings is 1. The highest BCUT2D eigenvalue weighted by Gasteiger charge is 2.21. The van der Waals surface area contributed by atoms with Crippen molar-refractivity contribution in [3.05, 3.63) is 158 Å². The van der Waals surface area contributed by atoms with Gasteiger partial charge in [0.05, 0.1) is 5.39 Å². The fraction of sp³-hybridized carbons (Fsp3) is 0. The first-order valence-corrected chi connectivity index (χ1v) is 14.9. The maximum absolute atomic E-state index is 6.23. The first-order valence-electron chi connectivity index (χ1n) is 14.9. The number of nitrogens with zero attached hydrogens (tertiary/aromatic N) is 2. The second kappa shape index (κ2) is 9.82. The maximum Gasteiger partial charge on any atom is 0.149 e. The minimum Gasteiger partial charge on any atom is -0.456 e. The molecule has 0 aliphatic heterocycles. The van der Waals surface area contributed by atoms with E-state index in [1.54, 1.807) is 0 Å². The van der Waals surface area contributed by atoms with Crippen LogP contribution in [-0.4, -0.2) is 4.98 Å². The average Bonchev–Trinajstić information content (AvgIpc) is 3.48. The topological polar surface area (TPSA) is 29.3 Å².